The number of ether oxygens (including phenoxy) is 2. The fourth-order valence-corrected chi connectivity index (χ4v) is 7.69. The second kappa shape index (κ2) is 16.2. The Kier molecular flexibility index (Phi) is 14.1. The molecule has 0 N–H and O–H groups in total. The first-order chi connectivity index (χ1) is 18.1. The number of hydrogen-bond donors (Lipinski definition) is 0. The number of nitrogens with zero attached hydrogens (tertiary/aromatic N) is 2. The van der Waals surface area contributed by atoms with Gasteiger partial charge in [-0.3, -0.25) is 4.79 Å². The van der Waals surface area contributed by atoms with E-state index in [9.17, 15) is 19.9 Å². The monoisotopic (exact) mass is 544 g/mol. The van der Waals surface area contributed by atoms with Crippen molar-refractivity contribution in [1.82, 2.24) is 0 Å². The zero-order chi connectivity index (χ0) is 28.8. The Balaban J connectivity index is 3.10. The number of methoxy groups -OCH3 is 2. The maximum Gasteiger partial charge on any atom is 0.420 e. The van der Waals surface area contributed by atoms with Crippen molar-refractivity contribution < 1.29 is 33.1 Å². The van der Waals surface area contributed by atoms with Gasteiger partial charge >= 0.3 is 17.7 Å². The summed E-state index contributed by atoms with van der Waals surface area (Å²) in [5.74, 6) is -1.67. The summed E-state index contributed by atoms with van der Waals surface area (Å²) in [7, 11) is -0.253. The number of allylic oxidation sites excluding steroid dienone is 2. The fraction of sp³-hybridized carbons (Fsp3) is 0.586. The molecule has 1 aromatic carbocycles. The first-order valence-corrected chi connectivity index (χ1v) is 15.9. The molecule has 9 heteroatoms. The first kappa shape index (κ1) is 33.2. The van der Waals surface area contributed by atoms with Gasteiger partial charge in [-0.1, -0.05) is 69.7 Å². The summed E-state index contributed by atoms with van der Waals surface area (Å²) >= 11 is 0. The molecule has 0 saturated heterocycles. The number of carbonyl (C=O) groups is 3. The average Bonchev–Trinajstić information content (AvgIpc) is 2.93. The highest BCUT2D eigenvalue weighted by molar-refractivity contribution is 6.74. The van der Waals surface area contributed by atoms with Gasteiger partial charge in [0.05, 0.1) is 14.2 Å². The summed E-state index contributed by atoms with van der Waals surface area (Å²) in [6.07, 6.45) is 3.72. The Hall–Kier alpha value is -2.87. The normalized spacial score (nSPS) is 14.1. The highest BCUT2D eigenvalue weighted by Gasteiger charge is 2.59. The molecule has 0 spiro atoms. The van der Waals surface area contributed by atoms with E-state index in [1.54, 1.807) is 0 Å². The van der Waals surface area contributed by atoms with E-state index in [2.05, 4.69) is 29.9 Å². The highest BCUT2D eigenvalue weighted by atomic mass is 28.4. The number of hydrogen-bond acceptors (Lipinski definition) is 6. The van der Waals surface area contributed by atoms with Crippen LogP contribution in [0.15, 0.2) is 42.0 Å². The van der Waals surface area contributed by atoms with E-state index >= 15 is 0 Å². The number of benzene rings is 1. The largest absolute Gasteiger partial charge is 0.466 e. The van der Waals surface area contributed by atoms with Crippen LogP contribution in [0, 0.1) is 5.92 Å². The Morgan fingerprint density at radius 2 is 1.61 bits per heavy atom. The van der Waals surface area contributed by atoms with Gasteiger partial charge in [0.15, 0.2) is 8.32 Å². The van der Waals surface area contributed by atoms with Crippen LogP contribution < -0.4 is 0 Å². The van der Waals surface area contributed by atoms with Crippen molar-refractivity contribution in [2.24, 2.45) is 5.92 Å². The quantitative estimate of drug-likeness (QED) is 0.0619. The van der Waals surface area contributed by atoms with E-state index in [4.69, 9.17) is 13.9 Å². The molecule has 0 aliphatic heterocycles. The Morgan fingerprint density at radius 3 is 2.11 bits per heavy atom. The maximum atomic E-state index is 13.2. The predicted octanol–water partition coefficient (Wildman–Crippen LogP) is 5.72. The number of rotatable bonds is 17. The van der Waals surface area contributed by atoms with Gasteiger partial charge in [-0.25, -0.2) is 9.59 Å². The Morgan fingerprint density at radius 1 is 1.00 bits per heavy atom. The van der Waals surface area contributed by atoms with E-state index in [0.29, 0.717) is 30.5 Å². The van der Waals surface area contributed by atoms with Crippen molar-refractivity contribution in [3.63, 3.8) is 0 Å². The molecule has 2 atom stereocenters. The van der Waals surface area contributed by atoms with Crippen LogP contribution >= 0.6 is 0 Å². The van der Waals surface area contributed by atoms with Crippen LogP contribution in [0.1, 0.15) is 65.9 Å². The van der Waals surface area contributed by atoms with Gasteiger partial charge in [0, 0.05) is 19.3 Å². The van der Waals surface area contributed by atoms with Crippen LogP contribution in [0.25, 0.3) is 5.53 Å². The number of carbonyl (C=O) groups excluding carboxylic acids is 3. The minimum absolute atomic E-state index is 0.0560. The van der Waals surface area contributed by atoms with Gasteiger partial charge < -0.3 is 19.4 Å². The molecule has 0 unspecified atom stereocenters. The van der Waals surface area contributed by atoms with Crippen LogP contribution in [0.3, 0.4) is 0 Å². The summed E-state index contributed by atoms with van der Waals surface area (Å²) < 4.78 is 16.3. The first-order valence-electron chi connectivity index (χ1n) is 13.4. The lowest BCUT2D eigenvalue weighted by molar-refractivity contribution is -0.161. The van der Waals surface area contributed by atoms with E-state index in [-0.39, 0.29) is 25.0 Å². The lowest BCUT2D eigenvalue weighted by atomic mass is 9.89. The molecule has 210 valence electrons. The molecule has 0 saturated carbocycles. The summed E-state index contributed by atoms with van der Waals surface area (Å²) in [5, 5.41) is 0. The van der Waals surface area contributed by atoms with Gasteiger partial charge in [0.25, 0.3) is 5.60 Å². The third-order valence-electron chi connectivity index (χ3n) is 7.22. The van der Waals surface area contributed by atoms with Crippen LogP contribution in [-0.2, 0) is 34.7 Å². The number of Topliss-reactive ketones (excluding diaryl/α,β-unsaturated/α-hetero) is 1. The zero-order valence-electron chi connectivity index (χ0n) is 24.0. The van der Waals surface area contributed by atoms with Gasteiger partial charge in [0.2, 0.25) is 0 Å². The fourth-order valence-electron chi connectivity index (χ4n) is 4.73. The molecule has 0 fully saturated rings. The highest BCUT2D eigenvalue weighted by Crippen LogP contribution is 2.33. The molecule has 0 aromatic heterocycles. The molecule has 1 rings (SSSR count). The number of ketones is 1. The molecular formula is C29H44N2O6Si. The predicted molar refractivity (Wildman–Crippen MR) is 150 cm³/mol. The van der Waals surface area contributed by atoms with Crippen molar-refractivity contribution in [2.45, 2.75) is 90.5 Å². The van der Waals surface area contributed by atoms with Gasteiger partial charge in [-0.05, 0) is 49.4 Å². The molecular weight excluding hydrogens is 500 g/mol. The lowest BCUT2D eigenvalue weighted by Crippen LogP contribution is -2.59. The standard InChI is InChI=1S/C29H44N2O6Si/c1-8-38(9-2,10-3)37-29(28(34)36-7,26(31-30)27(33)35-6)19-18-25(32)17-16-22(4)20-23(5)21-24-14-12-11-13-15-24/h11-15,20,23H,8-10,16-19,21H2,1-7H3/b22-20+/t23-,29+/m0/s1. The molecule has 8 nitrogen and oxygen atoms in total. The maximum absolute atomic E-state index is 13.2. The third-order valence-corrected chi connectivity index (χ3v) is 11.9. The lowest BCUT2D eigenvalue weighted by Gasteiger charge is -2.37. The van der Waals surface area contributed by atoms with Gasteiger partial charge in [-0.2, -0.15) is 4.79 Å². The minimum Gasteiger partial charge on any atom is -0.466 e. The molecule has 0 aliphatic carbocycles. The van der Waals surface area contributed by atoms with Gasteiger partial charge in [0.1, 0.15) is 5.78 Å². The van der Waals surface area contributed by atoms with Gasteiger partial charge in [-0.15, -0.1) is 0 Å². The van der Waals surface area contributed by atoms with Crippen molar-refractivity contribution in [2.75, 3.05) is 14.2 Å². The van der Waals surface area contributed by atoms with Crippen molar-refractivity contribution in [1.29, 1.82) is 0 Å². The molecule has 38 heavy (non-hydrogen) atoms. The van der Waals surface area contributed by atoms with E-state index in [0.717, 1.165) is 19.1 Å². The summed E-state index contributed by atoms with van der Waals surface area (Å²) in [6.45, 7) is 10.1. The second-order valence-electron chi connectivity index (χ2n) is 9.82. The minimum atomic E-state index is -2.55. The Bertz CT molecular complexity index is 1010. The Labute approximate surface area is 228 Å². The molecule has 0 heterocycles. The second-order valence-corrected chi connectivity index (χ2v) is 14.5. The molecule has 0 bridgehead atoms. The average molecular weight is 545 g/mol. The SMILES string of the molecule is CC[Si](CC)(CC)O[C@@](CCC(=O)CC/C(C)=C/[C@H](C)Cc1ccccc1)(C(=O)OC)C(=[N+]=[N-])C(=O)OC. The molecule has 0 aliphatic rings. The molecule has 0 amide bonds. The van der Waals surface area contributed by atoms with Crippen LogP contribution in [0.5, 0.6) is 0 Å². The third kappa shape index (κ3) is 9.15. The smallest absolute Gasteiger partial charge is 0.420 e. The van der Waals surface area contributed by atoms with E-state index < -0.39 is 31.6 Å². The topological polar surface area (TPSA) is 115 Å². The number of esters is 2. The van der Waals surface area contributed by atoms with Crippen LogP contribution in [-0.4, -0.2) is 56.4 Å². The van der Waals surface area contributed by atoms with Crippen molar-refractivity contribution in [3.8, 4) is 0 Å². The zero-order valence-corrected chi connectivity index (χ0v) is 25.0. The van der Waals surface area contributed by atoms with Crippen molar-refractivity contribution >= 4 is 31.8 Å². The summed E-state index contributed by atoms with van der Waals surface area (Å²) in [5.41, 5.74) is 9.52. The van der Waals surface area contributed by atoms with Crippen LogP contribution in [0.4, 0.5) is 0 Å². The molecule has 0 radical (unpaired) electrons. The summed E-state index contributed by atoms with van der Waals surface area (Å²) in [6, 6.07) is 12.2. The van der Waals surface area contributed by atoms with E-state index in [1.165, 1.54) is 12.7 Å². The summed E-state index contributed by atoms with van der Waals surface area (Å²) in [4.78, 5) is 41.9. The molecule has 1 aromatic rings. The van der Waals surface area contributed by atoms with Crippen molar-refractivity contribution in [3.05, 3.63) is 53.1 Å². The van der Waals surface area contributed by atoms with Crippen LogP contribution in [0.2, 0.25) is 18.1 Å². The van der Waals surface area contributed by atoms with E-state index in [1.807, 2.05) is 45.9 Å².